The van der Waals surface area contributed by atoms with E-state index in [0.29, 0.717) is 23.2 Å². The van der Waals surface area contributed by atoms with Gasteiger partial charge >= 0.3 is 0 Å². The molecular weight excluding hydrogens is 198 g/mol. The average molecular weight is 221 g/mol. The fourth-order valence-corrected chi connectivity index (χ4v) is 4.97. The van der Waals surface area contributed by atoms with Gasteiger partial charge in [0.25, 0.3) is 0 Å². The fourth-order valence-electron chi connectivity index (χ4n) is 4.97. The molecule has 5 atom stereocenters. The van der Waals surface area contributed by atoms with Crippen molar-refractivity contribution in [2.24, 2.45) is 28.9 Å². The quantitative estimate of drug-likeness (QED) is 0.739. The third kappa shape index (κ3) is 1.32. The van der Waals surface area contributed by atoms with E-state index < -0.39 is 0 Å². The summed E-state index contributed by atoms with van der Waals surface area (Å²) in [6.45, 7) is 1.77. The van der Waals surface area contributed by atoms with Gasteiger partial charge in [-0.2, -0.15) is 0 Å². The maximum atomic E-state index is 11.6. The Morgan fingerprint density at radius 1 is 1.31 bits per heavy atom. The van der Waals surface area contributed by atoms with Crippen LogP contribution in [-0.4, -0.2) is 11.8 Å². The maximum Gasteiger partial charge on any atom is 0.132 e. The van der Waals surface area contributed by atoms with Gasteiger partial charge in [-0.25, -0.2) is 0 Å². The smallest absolute Gasteiger partial charge is 0.132 e. The topological polar surface area (TPSA) is 43.1 Å². The lowest BCUT2D eigenvalue weighted by Gasteiger charge is -2.47. The van der Waals surface area contributed by atoms with Crippen LogP contribution in [0.25, 0.3) is 0 Å². The first-order chi connectivity index (χ1) is 7.63. The maximum absolute atomic E-state index is 11.6. The summed E-state index contributed by atoms with van der Waals surface area (Å²) >= 11 is 0. The van der Waals surface area contributed by atoms with Crippen LogP contribution in [0.5, 0.6) is 0 Å². The van der Waals surface area contributed by atoms with Gasteiger partial charge in [0.2, 0.25) is 0 Å². The minimum Gasteiger partial charge on any atom is -0.327 e. The molecule has 3 aliphatic rings. The molecule has 3 aliphatic carbocycles. The molecule has 2 N–H and O–H groups in total. The number of ketones is 1. The van der Waals surface area contributed by atoms with Gasteiger partial charge in [0.05, 0.1) is 0 Å². The second kappa shape index (κ2) is 3.56. The van der Waals surface area contributed by atoms with Gasteiger partial charge in [0.1, 0.15) is 5.78 Å². The van der Waals surface area contributed by atoms with Gasteiger partial charge in [-0.1, -0.05) is 6.42 Å². The fraction of sp³-hybridized carbons (Fsp3) is 0.929. The molecule has 0 aliphatic heterocycles. The van der Waals surface area contributed by atoms with Crippen molar-refractivity contribution in [2.45, 2.75) is 57.9 Å². The molecule has 0 amide bonds. The standard InChI is InChI=1S/C14H23NO/c1-9(16)11-3-2-6-14(8-11)12-5-4-10(7-12)13(14)15/h10-13H,2-8,15H2,1H3/t10-,11-,12?,13+,14+/m1/s1. The Kier molecular flexibility index (Phi) is 2.39. The lowest BCUT2D eigenvalue weighted by atomic mass is 9.59. The molecule has 16 heavy (non-hydrogen) atoms. The minimum absolute atomic E-state index is 0.319. The van der Waals surface area contributed by atoms with Gasteiger partial charge in [-0.3, -0.25) is 4.79 Å². The molecule has 3 fully saturated rings. The van der Waals surface area contributed by atoms with Crippen LogP contribution in [0.2, 0.25) is 0 Å². The highest BCUT2D eigenvalue weighted by Gasteiger charge is 2.57. The van der Waals surface area contributed by atoms with Crippen molar-refractivity contribution in [2.75, 3.05) is 0 Å². The Bertz CT molecular complexity index is 310. The normalized spacial score (nSPS) is 51.1. The number of fused-ring (bicyclic) bond motifs is 3. The first-order valence-electron chi connectivity index (χ1n) is 6.89. The van der Waals surface area contributed by atoms with Crippen LogP contribution in [-0.2, 0) is 4.79 Å². The summed E-state index contributed by atoms with van der Waals surface area (Å²) in [4.78, 5) is 11.6. The first kappa shape index (κ1) is 10.8. The molecule has 0 saturated heterocycles. The largest absolute Gasteiger partial charge is 0.327 e. The summed E-state index contributed by atoms with van der Waals surface area (Å²) < 4.78 is 0. The van der Waals surface area contributed by atoms with E-state index in [-0.39, 0.29) is 0 Å². The molecule has 2 nitrogen and oxygen atoms in total. The van der Waals surface area contributed by atoms with Crippen LogP contribution >= 0.6 is 0 Å². The van der Waals surface area contributed by atoms with E-state index in [1.807, 2.05) is 0 Å². The van der Waals surface area contributed by atoms with Crippen LogP contribution in [0, 0.1) is 23.2 Å². The van der Waals surface area contributed by atoms with Crippen molar-refractivity contribution in [3.63, 3.8) is 0 Å². The molecule has 0 heterocycles. The number of hydrogen-bond acceptors (Lipinski definition) is 2. The Morgan fingerprint density at radius 3 is 2.75 bits per heavy atom. The van der Waals surface area contributed by atoms with Crippen molar-refractivity contribution in [1.29, 1.82) is 0 Å². The summed E-state index contributed by atoms with van der Waals surface area (Å²) in [6, 6.07) is 0.397. The van der Waals surface area contributed by atoms with E-state index >= 15 is 0 Å². The zero-order chi connectivity index (χ0) is 11.3. The molecular formula is C14H23NO. The number of Topliss-reactive ketones (excluding diaryl/α,β-unsaturated/α-hetero) is 1. The number of nitrogens with two attached hydrogens (primary N) is 1. The predicted octanol–water partition coefficient (Wildman–Crippen LogP) is 2.51. The summed E-state index contributed by atoms with van der Waals surface area (Å²) in [6.07, 6.45) is 8.80. The predicted molar refractivity (Wildman–Crippen MR) is 63.9 cm³/mol. The Morgan fingerprint density at radius 2 is 2.12 bits per heavy atom. The van der Waals surface area contributed by atoms with Gasteiger partial charge in [0, 0.05) is 12.0 Å². The van der Waals surface area contributed by atoms with Crippen molar-refractivity contribution in [1.82, 2.24) is 0 Å². The zero-order valence-electron chi connectivity index (χ0n) is 10.2. The first-order valence-corrected chi connectivity index (χ1v) is 6.89. The van der Waals surface area contributed by atoms with Crippen LogP contribution in [0.1, 0.15) is 51.9 Å². The third-order valence-corrected chi connectivity index (χ3v) is 5.85. The summed E-state index contributed by atoms with van der Waals surface area (Å²) in [5.41, 5.74) is 6.84. The van der Waals surface area contributed by atoms with Crippen LogP contribution < -0.4 is 5.73 Å². The van der Waals surface area contributed by atoms with E-state index in [0.717, 1.165) is 24.7 Å². The Hall–Kier alpha value is -0.370. The van der Waals surface area contributed by atoms with Gasteiger partial charge in [-0.15, -0.1) is 0 Å². The Labute approximate surface area is 98.0 Å². The molecule has 2 heteroatoms. The summed E-state index contributed by atoms with van der Waals surface area (Å²) in [5, 5.41) is 0. The van der Waals surface area contributed by atoms with Gasteiger partial charge in [-0.05, 0) is 62.7 Å². The molecule has 90 valence electrons. The summed E-state index contributed by atoms with van der Waals surface area (Å²) in [5.74, 6) is 2.33. The highest BCUT2D eigenvalue weighted by Crippen LogP contribution is 2.61. The molecule has 1 unspecified atom stereocenters. The Balaban J connectivity index is 1.85. The zero-order valence-corrected chi connectivity index (χ0v) is 10.2. The molecule has 0 aromatic rings. The minimum atomic E-state index is 0.319. The molecule has 3 saturated carbocycles. The van der Waals surface area contributed by atoms with Crippen LogP contribution in [0.3, 0.4) is 0 Å². The molecule has 0 aromatic carbocycles. The SMILES string of the molecule is CC(=O)[C@@H]1CCC[C@]2(C1)C1CC[C@H](C1)[C@@H]2N. The molecule has 3 rings (SSSR count). The molecule has 0 radical (unpaired) electrons. The van der Waals surface area contributed by atoms with E-state index in [1.54, 1.807) is 6.92 Å². The lowest BCUT2D eigenvalue weighted by molar-refractivity contribution is -0.124. The van der Waals surface area contributed by atoms with E-state index in [2.05, 4.69) is 0 Å². The average Bonchev–Trinajstić information content (AvgIpc) is 2.84. The van der Waals surface area contributed by atoms with Crippen molar-refractivity contribution < 1.29 is 4.79 Å². The number of rotatable bonds is 1. The summed E-state index contributed by atoms with van der Waals surface area (Å²) in [7, 11) is 0. The number of carbonyl (C=O) groups excluding carboxylic acids is 1. The van der Waals surface area contributed by atoms with E-state index in [4.69, 9.17) is 5.73 Å². The molecule has 1 spiro atoms. The monoisotopic (exact) mass is 221 g/mol. The van der Waals surface area contributed by atoms with E-state index in [9.17, 15) is 4.79 Å². The second-order valence-electron chi connectivity index (χ2n) is 6.43. The van der Waals surface area contributed by atoms with E-state index in [1.165, 1.54) is 32.1 Å². The van der Waals surface area contributed by atoms with Crippen molar-refractivity contribution in [3.8, 4) is 0 Å². The number of hydrogen-bond donors (Lipinski definition) is 1. The van der Waals surface area contributed by atoms with Crippen LogP contribution in [0.4, 0.5) is 0 Å². The highest BCUT2D eigenvalue weighted by atomic mass is 16.1. The van der Waals surface area contributed by atoms with Crippen molar-refractivity contribution >= 4 is 5.78 Å². The second-order valence-corrected chi connectivity index (χ2v) is 6.43. The van der Waals surface area contributed by atoms with Gasteiger partial charge in [0.15, 0.2) is 0 Å². The van der Waals surface area contributed by atoms with Crippen molar-refractivity contribution in [3.05, 3.63) is 0 Å². The van der Waals surface area contributed by atoms with Crippen LogP contribution in [0.15, 0.2) is 0 Å². The number of carbonyl (C=O) groups is 1. The highest BCUT2D eigenvalue weighted by molar-refractivity contribution is 5.78. The molecule has 0 aromatic heterocycles. The third-order valence-electron chi connectivity index (χ3n) is 5.85. The lowest BCUT2D eigenvalue weighted by Crippen LogP contribution is -2.49. The van der Waals surface area contributed by atoms with Gasteiger partial charge < -0.3 is 5.73 Å². The molecule has 2 bridgehead atoms.